The molecule has 8 aromatic carbocycles. The van der Waals surface area contributed by atoms with Crippen molar-refractivity contribution in [3.63, 3.8) is 0 Å². The number of H-pyrrole nitrogens is 2. The van der Waals surface area contributed by atoms with Crippen molar-refractivity contribution in [2.75, 3.05) is 0 Å². The van der Waals surface area contributed by atoms with Gasteiger partial charge in [-0.15, -0.1) is 0 Å². The zero-order valence-electron chi connectivity index (χ0n) is 43.8. The summed E-state index contributed by atoms with van der Waals surface area (Å²) in [5, 5.41) is 28.3. The second kappa shape index (κ2) is 33.1. The molecular formula is C65H53BCl4IN8O2P2Pd. The summed E-state index contributed by atoms with van der Waals surface area (Å²) in [6.45, 7) is 0. The van der Waals surface area contributed by atoms with Crippen molar-refractivity contribution in [1.29, 1.82) is 0 Å². The van der Waals surface area contributed by atoms with Crippen LogP contribution in [0, 0.1) is 3.70 Å². The first-order chi connectivity index (χ1) is 40.8. The standard InChI is InChI=1S/2C18H15P.C14H9ClN4.C8H7BNO2.C6H3ClIN3.CH4.2ClH.Pd/c2*1-4-10-16(11-5-1)19(17-12-6-2-7-13-17)18-14-8-3-9-15-18;15-13-3-4-14-17-8-12(19(14)18-13)10-1-2-11-9(7-10)5-6-16-11;11-9-12-7-1-2-8-6(5-7)3-4-10-8;7-4-1-2-6-9-3-5(8)11(6)10-4;;;;/h2*1-15H;1-8,16H;1-5,10-11H;1-3H;1H4;2*1H;/q;;;;;;;;+2/p-2. The number of aromatic nitrogens is 8. The number of hydrogen-bond acceptors (Lipinski definition) is 6. The minimum atomic E-state index is -0.446. The molecule has 0 aliphatic heterocycles. The Morgan fingerprint density at radius 1 is 0.464 bits per heavy atom. The topological polar surface area (TPSA) is 121 Å². The van der Waals surface area contributed by atoms with Gasteiger partial charge < -0.3 is 19.6 Å². The number of rotatable bonds is 9. The first-order valence-electron chi connectivity index (χ1n) is 25.5. The van der Waals surface area contributed by atoms with Gasteiger partial charge in [-0.1, -0.05) is 219 Å². The first-order valence-corrected chi connectivity index (χ1v) is 34.0. The van der Waals surface area contributed by atoms with Crippen LogP contribution in [0.4, 0.5) is 0 Å². The van der Waals surface area contributed by atoms with E-state index in [9.17, 15) is 0 Å². The Morgan fingerprint density at radius 3 is 1.25 bits per heavy atom. The molecule has 0 fully saturated rings. The van der Waals surface area contributed by atoms with Crippen molar-refractivity contribution in [1.82, 2.24) is 39.2 Å². The molecule has 6 heterocycles. The zero-order valence-corrected chi connectivity index (χ0v) is 52.3. The van der Waals surface area contributed by atoms with Gasteiger partial charge in [0.1, 0.15) is 19.8 Å². The van der Waals surface area contributed by atoms with E-state index in [0.717, 1.165) is 48.1 Å². The normalized spacial score (nSPS) is 10.5. The average Bonchev–Trinajstić information content (AvgIpc) is 4.53. The summed E-state index contributed by atoms with van der Waals surface area (Å²) >= 11 is 13.7. The molecule has 0 saturated carbocycles. The molecule has 0 unspecified atom stereocenters. The third-order valence-corrected chi connectivity index (χ3v) is 18.3. The van der Waals surface area contributed by atoms with E-state index >= 15 is 0 Å². The number of nitrogens with zero attached hydrogens (tertiary/aromatic N) is 6. The van der Waals surface area contributed by atoms with Gasteiger partial charge in [-0.3, -0.25) is 0 Å². The molecule has 6 aromatic heterocycles. The van der Waals surface area contributed by atoms with Crippen LogP contribution in [-0.2, 0) is 15.9 Å². The molecule has 10 nitrogen and oxygen atoms in total. The number of aromatic amines is 2. The predicted octanol–water partition coefficient (Wildman–Crippen LogP) is 15.5. The van der Waals surface area contributed by atoms with Gasteiger partial charge in [0, 0.05) is 39.8 Å². The van der Waals surface area contributed by atoms with Crippen LogP contribution in [0.15, 0.2) is 280 Å². The summed E-state index contributed by atoms with van der Waals surface area (Å²) in [4.78, 5) is 14.7. The van der Waals surface area contributed by atoms with Gasteiger partial charge in [0.05, 0.1) is 18.1 Å². The van der Waals surface area contributed by atoms with Crippen molar-refractivity contribution in [3.8, 4) is 17.0 Å². The molecular weight excluding hydrogens is 1370 g/mol. The number of hydrogen-bond donors (Lipinski definition) is 3. The number of halogens is 5. The Bertz CT molecular complexity index is 3900. The van der Waals surface area contributed by atoms with E-state index in [1.807, 2.05) is 61.1 Å². The fraction of sp³-hybridized carbons (Fsp3) is 0.0154. The van der Waals surface area contributed by atoms with E-state index in [-0.39, 0.29) is 23.4 Å². The van der Waals surface area contributed by atoms with Crippen molar-refractivity contribution >= 4 is 153 Å². The maximum Gasteiger partial charge on any atom is -0.0134 e. The van der Waals surface area contributed by atoms with Crippen LogP contribution >= 0.6 is 80.7 Å². The average molecular weight is 1430 g/mol. The van der Waals surface area contributed by atoms with Gasteiger partial charge in [-0.2, -0.15) is 10.2 Å². The van der Waals surface area contributed by atoms with Crippen molar-refractivity contribution in [2.45, 2.75) is 7.43 Å². The summed E-state index contributed by atoms with van der Waals surface area (Å²) in [6, 6.07) is 87.5. The maximum atomic E-state index is 8.39. The molecule has 84 heavy (non-hydrogen) atoms. The van der Waals surface area contributed by atoms with Crippen LogP contribution in [-0.4, -0.2) is 51.9 Å². The molecule has 3 N–H and O–H groups in total. The van der Waals surface area contributed by atoms with Crippen LogP contribution in [0.1, 0.15) is 7.43 Å². The van der Waals surface area contributed by atoms with Gasteiger partial charge in [0.25, 0.3) is 0 Å². The smallest absolute Gasteiger partial charge is 0.0134 e. The van der Waals surface area contributed by atoms with Gasteiger partial charge >= 0.3 is 42.7 Å². The fourth-order valence-electron chi connectivity index (χ4n) is 8.61. The van der Waals surface area contributed by atoms with Gasteiger partial charge in [-0.25, -0.2) is 19.0 Å². The molecule has 14 rings (SSSR count). The molecule has 0 atom stereocenters. The molecule has 0 aliphatic rings. The fourth-order valence-corrected chi connectivity index (χ4v) is 14.0. The molecule has 423 valence electrons. The van der Waals surface area contributed by atoms with Crippen LogP contribution in [0.2, 0.25) is 10.3 Å². The largest absolute Gasteiger partial charge is 0.0622 e. The van der Waals surface area contributed by atoms with Gasteiger partial charge in [0.2, 0.25) is 0 Å². The Morgan fingerprint density at radius 2 is 0.833 bits per heavy atom. The molecule has 1 radical (unpaired) electrons. The van der Waals surface area contributed by atoms with Gasteiger partial charge in [-0.05, 0) is 137 Å². The van der Waals surface area contributed by atoms with Crippen LogP contribution < -0.4 is 36.5 Å². The van der Waals surface area contributed by atoms with Crippen molar-refractivity contribution in [3.05, 3.63) is 294 Å². The quantitative estimate of drug-likeness (QED) is 0.0752. The summed E-state index contributed by atoms with van der Waals surface area (Å²) in [7, 11) is 9.41. The molecule has 19 heteroatoms. The van der Waals surface area contributed by atoms with E-state index in [1.54, 1.807) is 33.4 Å². The Kier molecular flexibility index (Phi) is 25.0. The monoisotopic (exact) mass is 1420 g/mol. The summed E-state index contributed by atoms with van der Waals surface area (Å²) < 4.78 is 9.22. The third kappa shape index (κ3) is 17.5. The van der Waals surface area contributed by atoms with Crippen LogP contribution in [0.3, 0.4) is 0 Å². The summed E-state index contributed by atoms with van der Waals surface area (Å²) in [5.41, 5.74) is 5.77. The molecule has 0 spiro atoms. The van der Waals surface area contributed by atoms with Gasteiger partial charge in [0.15, 0.2) is 11.3 Å². The Hall–Kier alpha value is -6.68. The van der Waals surface area contributed by atoms with Crippen LogP contribution in [0.25, 0.3) is 44.4 Å². The summed E-state index contributed by atoms with van der Waals surface area (Å²) in [6.07, 6.45) is 7.35. The van der Waals surface area contributed by atoms with E-state index in [4.69, 9.17) is 51.9 Å². The molecule has 0 saturated heterocycles. The number of fused-ring (bicyclic) bond motifs is 4. The second-order valence-corrected chi connectivity index (χ2v) is 26.2. The Balaban J connectivity index is 0.000000137. The van der Waals surface area contributed by atoms with E-state index in [0.29, 0.717) is 23.7 Å². The van der Waals surface area contributed by atoms with Crippen molar-refractivity contribution < 1.29 is 25.6 Å². The van der Waals surface area contributed by atoms with E-state index in [1.165, 1.54) is 31.8 Å². The third-order valence-electron chi connectivity index (χ3n) is 12.3. The minimum absolute atomic E-state index is 0. The van der Waals surface area contributed by atoms with E-state index in [2.05, 4.69) is 247 Å². The summed E-state index contributed by atoms with van der Waals surface area (Å²) in [5.74, 6) is 0.629. The molecule has 0 amide bonds. The number of nitrogens with one attached hydrogen (secondary N) is 2. The van der Waals surface area contributed by atoms with Crippen molar-refractivity contribution in [2.24, 2.45) is 0 Å². The Labute approximate surface area is 531 Å². The van der Waals surface area contributed by atoms with E-state index < -0.39 is 15.8 Å². The molecule has 0 bridgehead atoms. The van der Waals surface area contributed by atoms with Crippen LogP contribution in [0.5, 0.6) is 5.75 Å². The zero-order chi connectivity index (χ0) is 57.6. The SMILES string of the molecule is C.Clc1ccc2ncc(-c3ccc4[nH]ccc4c3)n2n1.Clc1ccc2ncc(I)n2n1.O[B]Oc1ccc2[nH]ccc2c1.[Cl][Pd][Cl].c1ccc(P(c2ccccc2)c2ccccc2)cc1.c1ccc(P(c2ccccc2)c2ccccc2)cc1. The second-order valence-electron chi connectivity index (χ2n) is 17.5. The molecule has 14 aromatic rings. The number of benzene rings is 8. The minimum Gasteiger partial charge on any atom is -0.0622 e. The maximum absolute atomic E-state index is 8.39. The first kappa shape index (κ1) is 63.3. The molecule has 0 aliphatic carbocycles. The number of imidazole rings is 2. The predicted molar refractivity (Wildman–Crippen MR) is 362 cm³/mol.